The lowest BCUT2D eigenvalue weighted by Crippen LogP contribution is -2.38. The van der Waals surface area contributed by atoms with Crippen LogP contribution in [0.1, 0.15) is 79.3 Å². The van der Waals surface area contributed by atoms with E-state index in [0.717, 1.165) is 17.8 Å². The number of para-hydroxylation sites is 1. The summed E-state index contributed by atoms with van der Waals surface area (Å²) in [6.45, 7) is 7.05. The highest BCUT2D eigenvalue weighted by Crippen LogP contribution is 2.51. The van der Waals surface area contributed by atoms with Crippen molar-refractivity contribution in [2.24, 2.45) is 0 Å². The minimum atomic E-state index is -0.118. The molecule has 3 heteroatoms. The standard InChI is InChI=1S/C61H50BN2/c1-4-5-8-19-39-30-33-43(34-31-39)63-53-29-18-16-27-46(53)48-36-49(56(41-21-9-6-10-22-41)42-23-11-7-12-24-42)58-57-44-25-14-13-20-40(44)32-35-54(57)64-55-37-47-45-26-15-17-28-50(45)61(2,3)51(47)38-52(55)62-59(48)60(58)64/h6-7,9-18,20-38,56,63H,4-5,8,19H2,1-3H3. The number of benzene rings is 9. The maximum atomic E-state index is 3.91. The molecule has 1 radical (unpaired) electrons. The van der Waals surface area contributed by atoms with E-state index in [1.807, 2.05) is 0 Å². The van der Waals surface area contributed by atoms with Gasteiger partial charge < -0.3 is 9.88 Å². The van der Waals surface area contributed by atoms with Gasteiger partial charge in [-0.05, 0) is 116 Å². The lowest BCUT2D eigenvalue weighted by atomic mass is 9.57. The molecule has 0 unspecified atom stereocenters. The lowest BCUT2D eigenvalue weighted by molar-refractivity contribution is 0.661. The third-order valence-electron chi connectivity index (χ3n) is 14.4. The number of nitrogens with one attached hydrogen (secondary N) is 1. The van der Waals surface area contributed by atoms with Crippen LogP contribution >= 0.6 is 0 Å². The smallest absolute Gasteiger partial charge is 0.197 e. The molecule has 0 saturated carbocycles. The van der Waals surface area contributed by atoms with Gasteiger partial charge in [0.1, 0.15) is 0 Å². The number of hydrogen-bond acceptors (Lipinski definition) is 1. The summed E-state index contributed by atoms with van der Waals surface area (Å²) >= 11 is 0. The Morgan fingerprint density at radius 2 is 1.27 bits per heavy atom. The molecule has 9 aromatic carbocycles. The quantitative estimate of drug-likeness (QED) is 0.0826. The molecule has 2 heterocycles. The molecule has 0 spiro atoms. The Labute approximate surface area is 377 Å². The van der Waals surface area contributed by atoms with Gasteiger partial charge in [-0.1, -0.05) is 191 Å². The molecule has 64 heavy (non-hydrogen) atoms. The van der Waals surface area contributed by atoms with Gasteiger partial charge in [0.05, 0.1) is 5.52 Å². The second-order valence-corrected chi connectivity index (χ2v) is 18.5. The predicted molar refractivity (Wildman–Crippen MR) is 273 cm³/mol. The number of nitrogens with zero attached hydrogens (tertiary/aromatic N) is 1. The monoisotopic (exact) mass is 821 g/mol. The first-order valence-electron chi connectivity index (χ1n) is 23.2. The normalized spacial score (nSPS) is 13.2. The summed E-state index contributed by atoms with van der Waals surface area (Å²) in [5.41, 5.74) is 21.4. The van der Waals surface area contributed by atoms with Crippen molar-refractivity contribution in [1.82, 2.24) is 4.57 Å². The van der Waals surface area contributed by atoms with Crippen LogP contribution in [0.25, 0.3) is 60.5 Å². The number of aromatic nitrogens is 1. The largest absolute Gasteiger partial charge is 0.355 e. The predicted octanol–water partition coefficient (Wildman–Crippen LogP) is 14.5. The highest BCUT2D eigenvalue weighted by atomic mass is 15.0. The Kier molecular flexibility index (Phi) is 9.23. The number of rotatable bonds is 10. The molecule has 0 bridgehead atoms. The number of unbranched alkanes of at least 4 members (excludes halogenated alkanes) is 2. The highest BCUT2D eigenvalue weighted by molar-refractivity contribution is 6.73. The van der Waals surface area contributed by atoms with Crippen LogP contribution in [0.2, 0.25) is 0 Å². The average Bonchev–Trinajstić information content (AvgIpc) is 3.80. The zero-order chi connectivity index (χ0) is 42.9. The van der Waals surface area contributed by atoms with Crippen LogP contribution < -0.4 is 16.2 Å². The van der Waals surface area contributed by atoms with Crippen LogP contribution in [-0.2, 0) is 11.8 Å². The second kappa shape index (κ2) is 15.3. The second-order valence-electron chi connectivity index (χ2n) is 18.5. The van der Waals surface area contributed by atoms with E-state index >= 15 is 0 Å². The van der Waals surface area contributed by atoms with Gasteiger partial charge in [-0.2, -0.15) is 0 Å². The SMILES string of the molecule is CCCCCc1ccc(Nc2ccccc2-c2cc(C(c3ccccc3)c3ccccc3)c3c4c5ccccc5ccc4n4c3c2[B]c2cc3c(cc2-4)-c2ccccc2C3(C)C)cc1. The minimum absolute atomic E-state index is 0.0253. The van der Waals surface area contributed by atoms with Crippen molar-refractivity contribution < 1.29 is 0 Å². The Morgan fingerprint density at radius 3 is 2.03 bits per heavy atom. The topological polar surface area (TPSA) is 17.0 Å². The van der Waals surface area contributed by atoms with Crippen LogP contribution in [-0.4, -0.2) is 11.8 Å². The molecule has 2 aliphatic rings. The van der Waals surface area contributed by atoms with E-state index in [2.05, 4.69) is 226 Å². The zero-order valence-electron chi connectivity index (χ0n) is 36.8. The van der Waals surface area contributed by atoms with Gasteiger partial charge in [-0.15, -0.1) is 0 Å². The van der Waals surface area contributed by atoms with Gasteiger partial charge in [0.15, 0.2) is 7.28 Å². The van der Waals surface area contributed by atoms with Crippen LogP contribution in [0.3, 0.4) is 0 Å². The van der Waals surface area contributed by atoms with Crippen molar-refractivity contribution in [1.29, 1.82) is 0 Å². The first-order valence-corrected chi connectivity index (χ1v) is 23.2. The van der Waals surface area contributed by atoms with Gasteiger partial charge in [0, 0.05) is 50.2 Å². The number of hydrogen-bond donors (Lipinski definition) is 1. The Morgan fingerprint density at radius 1 is 0.578 bits per heavy atom. The van der Waals surface area contributed by atoms with Gasteiger partial charge in [0.25, 0.3) is 0 Å². The Bertz CT molecular complexity index is 3380. The Hall–Kier alpha value is -7.10. The van der Waals surface area contributed by atoms with E-state index in [0.29, 0.717) is 0 Å². The fourth-order valence-electron chi connectivity index (χ4n) is 11.3. The number of fused-ring (bicyclic) bond motifs is 10. The molecule has 307 valence electrons. The van der Waals surface area contributed by atoms with Crippen molar-refractivity contribution in [3.05, 3.63) is 221 Å². The molecule has 1 aromatic heterocycles. The van der Waals surface area contributed by atoms with E-state index in [-0.39, 0.29) is 11.3 Å². The Balaban J connectivity index is 1.18. The van der Waals surface area contributed by atoms with E-state index in [4.69, 9.17) is 0 Å². The van der Waals surface area contributed by atoms with Gasteiger partial charge in [-0.3, -0.25) is 0 Å². The van der Waals surface area contributed by atoms with Crippen LogP contribution in [0.5, 0.6) is 0 Å². The van der Waals surface area contributed by atoms with Crippen LogP contribution in [0, 0.1) is 0 Å². The summed E-state index contributed by atoms with van der Waals surface area (Å²) in [5.74, 6) is -0.0253. The first-order chi connectivity index (χ1) is 31.5. The van der Waals surface area contributed by atoms with E-state index in [9.17, 15) is 0 Å². The fraction of sp³-hybridized carbons (Fsp3) is 0.148. The molecule has 1 aliphatic carbocycles. The summed E-state index contributed by atoms with van der Waals surface area (Å²) in [5, 5.41) is 9.06. The van der Waals surface area contributed by atoms with E-state index < -0.39 is 0 Å². The van der Waals surface area contributed by atoms with Crippen LogP contribution in [0.4, 0.5) is 11.4 Å². The lowest BCUT2D eigenvalue weighted by Gasteiger charge is -2.29. The molecule has 12 rings (SSSR count). The third-order valence-corrected chi connectivity index (χ3v) is 14.4. The number of aryl methyl sites for hydroxylation is 1. The number of anilines is 2. The summed E-state index contributed by atoms with van der Waals surface area (Å²) in [6, 6.07) is 70.6. The molecule has 0 atom stereocenters. The van der Waals surface area contributed by atoms with Crippen molar-refractivity contribution in [2.45, 2.75) is 57.8 Å². The van der Waals surface area contributed by atoms with E-state index in [1.54, 1.807) is 0 Å². The third kappa shape index (κ3) is 6.09. The maximum Gasteiger partial charge on any atom is 0.197 e. The van der Waals surface area contributed by atoms with Crippen molar-refractivity contribution in [3.8, 4) is 27.9 Å². The van der Waals surface area contributed by atoms with Gasteiger partial charge in [0.2, 0.25) is 0 Å². The molecule has 1 aliphatic heterocycles. The molecule has 1 N–H and O–H groups in total. The fourth-order valence-corrected chi connectivity index (χ4v) is 11.3. The highest BCUT2D eigenvalue weighted by Gasteiger charge is 2.38. The van der Waals surface area contributed by atoms with E-state index in [1.165, 1.54) is 124 Å². The molecule has 2 nitrogen and oxygen atoms in total. The molecule has 0 fully saturated rings. The van der Waals surface area contributed by atoms with Crippen molar-refractivity contribution in [3.63, 3.8) is 0 Å². The average molecular weight is 822 g/mol. The van der Waals surface area contributed by atoms with Crippen LogP contribution in [0.15, 0.2) is 188 Å². The minimum Gasteiger partial charge on any atom is -0.355 e. The van der Waals surface area contributed by atoms with Gasteiger partial charge in [-0.25, -0.2) is 0 Å². The maximum absolute atomic E-state index is 3.91. The first kappa shape index (κ1) is 38.6. The molecular weight excluding hydrogens is 771 g/mol. The summed E-state index contributed by atoms with van der Waals surface area (Å²) in [6.07, 6.45) is 4.85. The summed E-state index contributed by atoms with van der Waals surface area (Å²) < 4.78 is 2.63. The molecular formula is C61H50BN2. The summed E-state index contributed by atoms with van der Waals surface area (Å²) in [4.78, 5) is 0. The molecule has 10 aromatic rings. The molecule has 0 amide bonds. The zero-order valence-corrected chi connectivity index (χ0v) is 36.8. The summed E-state index contributed by atoms with van der Waals surface area (Å²) in [7, 11) is 2.51. The van der Waals surface area contributed by atoms with Crippen molar-refractivity contribution >= 4 is 62.2 Å². The van der Waals surface area contributed by atoms with Crippen molar-refractivity contribution in [2.75, 3.05) is 5.32 Å². The molecule has 0 saturated heterocycles. The van der Waals surface area contributed by atoms with Gasteiger partial charge >= 0.3 is 0 Å².